The van der Waals surface area contributed by atoms with Gasteiger partial charge in [0.05, 0.1) is 6.07 Å². The van der Waals surface area contributed by atoms with Gasteiger partial charge < -0.3 is 0 Å². The fourth-order valence-corrected chi connectivity index (χ4v) is 5.01. The number of nitrogens with zero attached hydrogens (tertiary/aromatic N) is 2. The molecule has 1 aromatic carbocycles. The standard InChI is InChI=1S/C23H33FN2/c1-2-12-23(13-15-25)14-16-26(18-22(23)24)17-19-8-10-21(11-9-19)20-6-4-3-5-7-20/h8-11,20,22H,2-7,12-14,16-18H2,1H3. The Balaban J connectivity index is 1.57. The van der Waals surface area contributed by atoms with Crippen molar-refractivity contribution in [2.75, 3.05) is 13.1 Å². The molecule has 3 heteroatoms. The molecular formula is C23H33FN2. The average Bonchev–Trinajstić information content (AvgIpc) is 2.67. The van der Waals surface area contributed by atoms with Gasteiger partial charge in [0.25, 0.3) is 0 Å². The van der Waals surface area contributed by atoms with Gasteiger partial charge in [-0.05, 0) is 49.3 Å². The van der Waals surface area contributed by atoms with Crippen molar-refractivity contribution in [1.29, 1.82) is 5.26 Å². The first-order chi connectivity index (χ1) is 12.7. The fraction of sp³-hybridized carbons (Fsp3) is 0.696. The Morgan fingerprint density at radius 2 is 1.92 bits per heavy atom. The monoisotopic (exact) mass is 356 g/mol. The molecule has 2 aliphatic rings. The van der Waals surface area contributed by atoms with E-state index in [2.05, 4.69) is 42.2 Å². The van der Waals surface area contributed by atoms with E-state index in [1.54, 1.807) is 0 Å². The van der Waals surface area contributed by atoms with E-state index < -0.39 is 11.6 Å². The molecule has 0 bridgehead atoms. The zero-order valence-corrected chi connectivity index (χ0v) is 16.2. The zero-order valence-electron chi connectivity index (χ0n) is 16.2. The van der Waals surface area contributed by atoms with Crippen molar-refractivity contribution in [2.45, 2.75) is 83.3 Å². The molecule has 2 fully saturated rings. The number of likely N-dealkylation sites (tertiary alicyclic amines) is 1. The molecule has 0 N–H and O–H groups in total. The molecular weight excluding hydrogens is 323 g/mol. The molecule has 2 unspecified atom stereocenters. The summed E-state index contributed by atoms with van der Waals surface area (Å²) in [6, 6.07) is 11.3. The lowest BCUT2D eigenvalue weighted by atomic mass is 9.71. The van der Waals surface area contributed by atoms with E-state index in [1.807, 2.05) is 0 Å². The number of hydrogen-bond acceptors (Lipinski definition) is 2. The number of piperidine rings is 1. The van der Waals surface area contributed by atoms with Crippen LogP contribution in [0.25, 0.3) is 0 Å². The van der Waals surface area contributed by atoms with Crippen molar-refractivity contribution in [3.63, 3.8) is 0 Å². The number of rotatable bonds is 6. The third-order valence-corrected chi connectivity index (χ3v) is 6.65. The summed E-state index contributed by atoms with van der Waals surface area (Å²) in [5.41, 5.74) is 2.34. The van der Waals surface area contributed by atoms with Gasteiger partial charge in [0.2, 0.25) is 0 Å². The van der Waals surface area contributed by atoms with Crippen molar-refractivity contribution >= 4 is 0 Å². The van der Waals surface area contributed by atoms with Crippen LogP contribution in [-0.4, -0.2) is 24.2 Å². The predicted octanol–water partition coefficient (Wildman–Crippen LogP) is 5.98. The van der Waals surface area contributed by atoms with Crippen LogP contribution < -0.4 is 0 Å². The van der Waals surface area contributed by atoms with Gasteiger partial charge in [-0.1, -0.05) is 56.9 Å². The summed E-state index contributed by atoms with van der Waals surface area (Å²) < 4.78 is 14.9. The maximum absolute atomic E-state index is 14.9. The highest BCUT2D eigenvalue weighted by atomic mass is 19.1. The smallest absolute Gasteiger partial charge is 0.119 e. The summed E-state index contributed by atoms with van der Waals surface area (Å²) >= 11 is 0. The summed E-state index contributed by atoms with van der Waals surface area (Å²) in [5.74, 6) is 0.739. The molecule has 1 aliphatic heterocycles. The van der Waals surface area contributed by atoms with Crippen molar-refractivity contribution in [3.8, 4) is 6.07 Å². The molecule has 3 rings (SSSR count). The largest absolute Gasteiger partial charge is 0.296 e. The second-order valence-corrected chi connectivity index (χ2v) is 8.48. The maximum atomic E-state index is 14.9. The molecule has 0 radical (unpaired) electrons. The maximum Gasteiger partial charge on any atom is 0.119 e. The van der Waals surface area contributed by atoms with Crippen molar-refractivity contribution in [1.82, 2.24) is 4.90 Å². The molecule has 1 aromatic rings. The van der Waals surface area contributed by atoms with Gasteiger partial charge in [0.1, 0.15) is 6.17 Å². The Labute approximate surface area is 158 Å². The highest BCUT2D eigenvalue weighted by molar-refractivity contribution is 5.26. The fourth-order valence-electron chi connectivity index (χ4n) is 5.01. The summed E-state index contributed by atoms with van der Waals surface area (Å²) in [6.45, 7) is 4.27. The van der Waals surface area contributed by atoms with Crippen molar-refractivity contribution in [3.05, 3.63) is 35.4 Å². The highest BCUT2D eigenvalue weighted by Gasteiger charge is 2.42. The van der Waals surface area contributed by atoms with E-state index in [9.17, 15) is 4.39 Å². The lowest BCUT2D eigenvalue weighted by Crippen LogP contribution is -2.48. The number of hydrogen-bond donors (Lipinski definition) is 0. The van der Waals surface area contributed by atoms with Crippen LogP contribution in [0.15, 0.2) is 24.3 Å². The number of nitriles is 1. The Kier molecular flexibility index (Phi) is 6.70. The topological polar surface area (TPSA) is 27.0 Å². The van der Waals surface area contributed by atoms with Gasteiger partial charge in [-0.3, -0.25) is 4.90 Å². The molecule has 2 nitrogen and oxygen atoms in total. The Morgan fingerprint density at radius 3 is 2.54 bits per heavy atom. The summed E-state index contributed by atoms with van der Waals surface area (Å²) in [5, 5.41) is 9.13. The number of halogens is 1. The third kappa shape index (κ3) is 4.46. The number of benzene rings is 1. The highest BCUT2D eigenvalue weighted by Crippen LogP contribution is 2.41. The van der Waals surface area contributed by atoms with Crippen molar-refractivity contribution in [2.24, 2.45) is 5.41 Å². The van der Waals surface area contributed by atoms with Gasteiger partial charge >= 0.3 is 0 Å². The third-order valence-electron chi connectivity index (χ3n) is 6.65. The molecule has 0 aromatic heterocycles. The van der Waals surface area contributed by atoms with Crippen LogP contribution in [0.4, 0.5) is 4.39 Å². The van der Waals surface area contributed by atoms with Crippen LogP contribution in [0.2, 0.25) is 0 Å². The van der Waals surface area contributed by atoms with Crippen LogP contribution in [-0.2, 0) is 6.54 Å². The minimum Gasteiger partial charge on any atom is -0.296 e. The molecule has 26 heavy (non-hydrogen) atoms. The molecule has 0 amide bonds. The average molecular weight is 357 g/mol. The number of alkyl halides is 1. The minimum atomic E-state index is -0.891. The zero-order chi connectivity index (χ0) is 18.4. The summed E-state index contributed by atoms with van der Waals surface area (Å²) in [6.07, 6.45) is 8.80. The van der Waals surface area contributed by atoms with E-state index in [1.165, 1.54) is 43.2 Å². The molecule has 1 aliphatic carbocycles. The lowest BCUT2D eigenvalue weighted by molar-refractivity contribution is -0.000318. The van der Waals surface area contributed by atoms with E-state index >= 15 is 0 Å². The first kappa shape index (κ1) is 19.4. The van der Waals surface area contributed by atoms with Crippen LogP contribution in [0.1, 0.15) is 81.8 Å². The first-order valence-corrected chi connectivity index (χ1v) is 10.5. The quantitative estimate of drug-likeness (QED) is 0.627. The molecule has 1 heterocycles. The first-order valence-electron chi connectivity index (χ1n) is 10.5. The van der Waals surface area contributed by atoms with Gasteiger partial charge in [0, 0.05) is 24.9 Å². The minimum absolute atomic E-state index is 0.353. The Hall–Kier alpha value is -1.40. The van der Waals surface area contributed by atoms with E-state index in [0.29, 0.717) is 13.0 Å². The van der Waals surface area contributed by atoms with E-state index in [0.717, 1.165) is 38.3 Å². The predicted molar refractivity (Wildman–Crippen MR) is 105 cm³/mol. The van der Waals surface area contributed by atoms with Gasteiger partial charge in [0.15, 0.2) is 0 Å². The molecule has 1 saturated carbocycles. The Bertz CT molecular complexity index is 600. The molecule has 0 spiro atoms. The van der Waals surface area contributed by atoms with Gasteiger partial charge in [-0.2, -0.15) is 5.26 Å². The van der Waals surface area contributed by atoms with E-state index in [-0.39, 0.29) is 0 Å². The Morgan fingerprint density at radius 1 is 1.19 bits per heavy atom. The molecule has 142 valence electrons. The van der Waals surface area contributed by atoms with Crippen LogP contribution in [0.5, 0.6) is 0 Å². The van der Waals surface area contributed by atoms with Crippen LogP contribution in [0, 0.1) is 16.7 Å². The van der Waals surface area contributed by atoms with Gasteiger partial charge in [-0.25, -0.2) is 4.39 Å². The second-order valence-electron chi connectivity index (χ2n) is 8.48. The SMILES string of the molecule is CCCC1(CC#N)CCN(Cc2ccc(C3CCCCC3)cc2)CC1F. The lowest BCUT2D eigenvalue weighted by Gasteiger charge is -2.43. The van der Waals surface area contributed by atoms with E-state index in [4.69, 9.17) is 5.26 Å². The molecule has 1 saturated heterocycles. The summed E-state index contributed by atoms with van der Waals surface area (Å²) in [4.78, 5) is 2.23. The molecule has 2 atom stereocenters. The van der Waals surface area contributed by atoms with Crippen LogP contribution >= 0.6 is 0 Å². The summed E-state index contributed by atoms with van der Waals surface area (Å²) in [7, 11) is 0. The normalized spacial score (nSPS) is 28.0. The second kappa shape index (κ2) is 9.00. The van der Waals surface area contributed by atoms with Gasteiger partial charge in [-0.15, -0.1) is 0 Å². The van der Waals surface area contributed by atoms with Crippen molar-refractivity contribution < 1.29 is 4.39 Å². The van der Waals surface area contributed by atoms with Crippen LogP contribution in [0.3, 0.4) is 0 Å².